The van der Waals surface area contributed by atoms with Crippen LogP contribution in [0.15, 0.2) is 72.8 Å². The Kier molecular flexibility index (Phi) is 10.3. The molecule has 0 radical (unpaired) electrons. The Hall–Kier alpha value is -4.25. The van der Waals surface area contributed by atoms with Crippen LogP contribution in [0.4, 0.5) is 5.69 Å². The van der Waals surface area contributed by atoms with Crippen LogP contribution in [-0.4, -0.2) is 70.3 Å². The number of carbonyl (C=O) groups excluding carboxylic acids is 2. The molecule has 11 heteroatoms. The maximum atomic E-state index is 14.2. The highest BCUT2D eigenvalue weighted by Gasteiger charge is 2.34. The second kappa shape index (κ2) is 14.1. The van der Waals surface area contributed by atoms with Gasteiger partial charge in [-0.15, -0.1) is 0 Å². The number of hydrogen-bond donors (Lipinski definition) is 1. The largest absolute Gasteiger partial charge is 0.497 e. The number of nitrogens with zero attached hydrogens (tertiary/aromatic N) is 2. The zero-order chi connectivity index (χ0) is 30.1. The lowest BCUT2D eigenvalue weighted by atomic mass is 10.0. The molecular formula is C31H37N3O7S. The first-order valence-corrected chi connectivity index (χ1v) is 15.5. The van der Waals surface area contributed by atoms with E-state index in [1.54, 1.807) is 43.5 Å². The molecule has 3 aromatic rings. The maximum Gasteiger partial charge on any atom is 0.244 e. The molecule has 0 fully saturated rings. The van der Waals surface area contributed by atoms with Crippen molar-refractivity contribution in [1.82, 2.24) is 10.2 Å². The van der Waals surface area contributed by atoms with E-state index in [0.717, 1.165) is 15.4 Å². The van der Waals surface area contributed by atoms with Crippen molar-refractivity contribution in [3.05, 3.63) is 83.9 Å². The van der Waals surface area contributed by atoms with Gasteiger partial charge in [-0.25, -0.2) is 8.42 Å². The number of likely N-dealkylation sites (N-methyl/N-ethyl adjacent to an activating group) is 1. The molecule has 0 unspecified atom stereocenters. The van der Waals surface area contributed by atoms with Gasteiger partial charge in [-0.05, 0) is 49.2 Å². The normalized spacial score (nSPS) is 13.1. The second-order valence-corrected chi connectivity index (χ2v) is 11.9. The number of anilines is 1. The first-order valence-electron chi connectivity index (χ1n) is 13.9. The third kappa shape index (κ3) is 7.52. The molecule has 1 aliphatic heterocycles. The van der Waals surface area contributed by atoms with Crippen molar-refractivity contribution in [2.45, 2.75) is 32.9 Å². The van der Waals surface area contributed by atoms with Crippen LogP contribution in [-0.2, 0) is 32.6 Å². The molecule has 1 aliphatic rings. The van der Waals surface area contributed by atoms with Gasteiger partial charge in [0.15, 0.2) is 11.5 Å². The highest BCUT2D eigenvalue weighted by Crippen LogP contribution is 2.35. The molecule has 4 rings (SSSR count). The van der Waals surface area contributed by atoms with E-state index >= 15 is 0 Å². The summed E-state index contributed by atoms with van der Waals surface area (Å²) in [5.74, 6) is 0.417. The molecule has 1 N–H and O–H groups in total. The van der Waals surface area contributed by atoms with E-state index in [4.69, 9.17) is 14.2 Å². The number of nitrogens with one attached hydrogen (secondary N) is 1. The van der Waals surface area contributed by atoms with Gasteiger partial charge < -0.3 is 24.4 Å². The zero-order valence-corrected chi connectivity index (χ0v) is 24.9. The predicted molar refractivity (Wildman–Crippen MR) is 160 cm³/mol. The van der Waals surface area contributed by atoms with Gasteiger partial charge >= 0.3 is 0 Å². The predicted octanol–water partition coefficient (Wildman–Crippen LogP) is 3.40. The van der Waals surface area contributed by atoms with Crippen LogP contribution < -0.4 is 23.8 Å². The third-order valence-corrected chi connectivity index (χ3v) is 8.64. The lowest BCUT2D eigenvalue weighted by molar-refractivity contribution is -0.140. The summed E-state index contributed by atoms with van der Waals surface area (Å²) in [6.07, 6.45) is 0.243. The minimum atomic E-state index is -3.90. The minimum Gasteiger partial charge on any atom is -0.497 e. The van der Waals surface area contributed by atoms with Crippen molar-refractivity contribution < 1.29 is 32.2 Å². The van der Waals surface area contributed by atoms with Crippen molar-refractivity contribution >= 4 is 27.5 Å². The number of ether oxygens (including phenoxy) is 3. The van der Waals surface area contributed by atoms with Crippen LogP contribution in [0.1, 0.15) is 25.0 Å². The fourth-order valence-electron chi connectivity index (χ4n) is 4.72. The lowest BCUT2D eigenvalue weighted by Gasteiger charge is -2.34. The van der Waals surface area contributed by atoms with Gasteiger partial charge in [-0.2, -0.15) is 0 Å². The van der Waals surface area contributed by atoms with Gasteiger partial charge in [0, 0.05) is 25.6 Å². The fraction of sp³-hybridized carbons (Fsp3) is 0.355. The standard InChI is InChI=1S/C31H37N3O7S/c1-4-32-31(36)27(19-23-10-7-6-8-11-23)33(21-24-12-9-13-26(18-24)39-3)30(35)22-34(42(37,38)5-2)25-14-15-28-29(20-25)41-17-16-40-28/h6-15,18,20,27H,4-5,16-17,19,21-22H2,1-3H3,(H,32,36)/t27-/m0/s1. The molecule has 3 aromatic carbocycles. The van der Waals surface area contributed by atoms with Gasteiger partial charge in [0.25, 0.3) is 0 Å². The molecule has 0 saturated heterocycles. The quantitative estimate of drug-likeness (QED) is 0.322. The molecule has 0 aliphatic carbocycles. The van der Waals surface area contributed by atoms with Gasteiger partial charge in [0.2, 0.25) is 21.8 Å². The molecule has 1 heterocycles. The average molecular weight is 596 g/mol. The number of sulfonamides is 1. The topological polar surface area (TPSA) is 114 Å². The number of hydrogen-bond acceptors (Lipinski definition) is 7. The van der Waals surface area contributed by atoms with E-state index in [0.29, 0.717) is 37.0 Å². The van der Waals surface area contributed by atoms with E-state index in [-0.39, 0.29) is 30.3 Å². The van der Waals surface area contributed by atoms with E-state index in [2.05, 4.69) is 5.32 Å². The van der Waals surface area contributed by atoms with E-state index in [9.17, 15) is 18.0 Å². The van der Waals surface area contributed by atoms with Crippen molar-refractivity contribution in [3.63, 3.8) is 0 Å². The Balaban J connectivity index is 1.74. The fourth-order valence-corrected chi connectivity index (χ4v) is 5.77. The van der Waals surface area contributed by atoms with Gasteiger partial charge in [-0.3, -0.25) is 13.9 Å². The number of amides is 2. The number of methoxy groups -OCH3 is 1. The monoisotopic (exact) mass is 595 g/mol. The van der Waals surface area contributed by atoms with E-state index < -0.39 is 28.5 Å². The van der Waals surface area contributed by atoms with Crippen LogP contribution in [0, 0.1) is 0 Å². The van der Waals surface area contributed by atoms with Crippen molar-refractivity contribution in [2.75, 3.05) is 43.5 Å². The Morgan fingerprint density at radius 1 is 0.929 bits per heavy atom. The highest BCUT2D eigenvalue weighted by molar-refractivity contribution is 7.92. The lowest BCUT2D eigenvalue weighted by Crippen LogP contribution is -2.53. The molecule has 224 valence electrons. The number of fused-ring (bicyclic) bond motifs is 1. The summed E-state index contributed by atoms with van der Waals surface area (Å²) in [5.41, 5.74) is 1.87. The molecule has 0 spiro atoms. The summed E-state index contributed by atoms with van der Waals surface area (Å²) in [5, 5.41) is 2.85. The molecule has 0 saturated carbocycles. The summed E-state index contributed by atoms with van der Waals surface area (Å²) >= 11 is 0. The third-order valence-electron chi connectivity index (χ3n) is 6.90. The number of benzene rings is 3. The first kappa shape index (κ1) is 30.7. The van der Waals surface area contributed by atoms with Crippen LogP contribution in [0.25, 0.3) is 0 Å². The molecule has 42 heavy (non-hydrogen) atoms. The molecule has 0 aromatic heterocycles. The summed E-state index contributed by atoms with van der Waals surface area (Å²) in [4.78, 5) is 29.2. The van der Waals surface area contributed by atoms with E-state index in [1.165, 1.54) is 11.8 Å². The summed E-state index contributed by atoms with van der Waals surface area (Å²) in [7, 11) is -2.35. The second-order valence-electron chi connectivity index (χ2n) is 9.71. The van der Waals surface area contributed by atoms with Crippen molar-refractivity contribution in [1.29, 1.82) is 0 Å². The maximum absolute atomic E-state index is 14.2. The smallest absolute Gasteiger partial charge is 0.244 e. The molecule has 1 atom stereocenters. The zero-order valence-electron chi connectivity index (χ0n) is 24.1. The van der Waals surface area contributed by atoms with Crippen molar-refractivity contribution in [2.24, 2.45) is 0 Å². The van der Waals surface area contributed by atoms with Gasteiger partial charge in [0.1, 0.15) is 31.5 Å². The van der Waals surface area contributed by atoms with Crippen LogP contribution in [0.2, 0.25) is 0 Å². The van der Waals surface area contributed by atoms with Crippen LogP contribution in [0.5, 0.6) is 17.2 Å². The molecule has 2 amide bonds. The Labute approximate surface area is 247 Å². The average Bonchev–Trinajstić information content (AvgIpc) is 3.01. The summed E-state index contributed by atoms with van der Waals surface area (Å²) in [6.45, 7) is 3.98. The minimum absolute atomic E-state index is 0.0613. The molecule has 10 nitrogen and oxygen atoms in total. The SMILES string of the molecule is CCNC(=O)[C@H](Cc1ccccc1)N(Cc1cccc(OC)c1)C(=O)CN(c1ccc2c(c1)OCCO2)S(=O)(=O)CC. The Morgan fingerprint density at radius 2 is 1.64 bits per heavy atom. The number of carbonyl (C=O) groups is 2. The molecular weight excluding hydrogens is 558 g/mol. The summed E-state index contributed by atoms with van der Waals surface area (Å²) < 4.78 is 44.4. The number of rotatable bonds is 13. The van der Waals surface area contributed by atoms with Crippen molar-refractivity contribution in [3.8, 4) is 17.2 Å². The summed E-state index contributed by atoms with van der Waals surface area (Å²) in [6, 6.07) is 20.5. The van der Waals surface area contributed by atoms with Crippen LogP contribution in [0.3, 0.4) is 0 Å². The van der Waals surface area contributed by atoms with E-state index in [1.807, 2.05) is 43.3 Å². The Morgan fingerprint density at radius 3 is 2.33 bits per heavy atom. The Bertz CT molecular complexity index is 1480. The van der Waals surface area contributed by atoms with Gasteiger partial charge in [0.05, 0.1) is 18.6 Å². The van der Waals surface area contributed by atoms with Crippen LogP contribution >= 0.6 is 0 Å². The highest BCUT2D eigenvalue weighted by atomic mass is 32.2. The molecule has 0 bridgehead atoms. The first-order chi connectivity index (χ1) is 20.2. The van der Waals surface area contributed by atoms with Gasteiger partial charge in [-0.1, -0.05) is 42.5 Å².